The Morgan fingerprint density at radius 2 is 2.06 bits per heavy atom. The van der Waals surface area contributed by atoms with E-state index < -0.39 is 0 Å². The molecule has 0 atom stereocenters. The summed E-state index contributed by atoms with van der Waals surface area (Å²) in [6, 6.07) is 5.91. The lowest BCUT2D eigenvalue weighted by molar-refractivity contribution is 0.250. The van der Waals surface area contributed by atoms with Crippen molar-refractivity contribution in [2.24, 2.45) is 0 Å². The Hall–Kier alpha value is -0.740. The van der Waals surface area contributed by atoms with Gasteiger partial charge in [-0.25, -0.2) is 0 Å². The average Bonchev–Trinajstić information content (AvgIpc) is 2.28. The Bertz CT molecular complexity index is 380. The number of nitrogens with zero attached hydrogens (tertiary/aromatic N) is 1. The van der Waals surface area contributed by atoms with Crippen LogP contribution in [0.1, 0.15) is 20.3 Å². The molecule has 1 N–H and O–H groups in total. The summed E-state index contributed by atoms with van der Waals surface area (Å²) in [5.74, 6) is 0.835. The van der Waals surface area contributed by atoms with Crippen molar-refractivity contribution in [3.63, 3.8) is 0 Å². The Kier molecular flexibility index (Phi) is 4.83. The van der Waals surface area contributed by atoms with Crippen LogP contribution in [0.2, 0.25) is 0 Å². The summed E-state index contributed by atoms with van der Waals surface area (Å²) in [5, 5.41) is 9.11. The predicted octanol–water partition coefficient (Wildman–Crippen LogP) is 3.05. The molecular formula is C13H20BrNO2. The van der Waals surface area contributed by atoms with Crippen molar-refractivity contribution in [3.8, 4) is 5.75 Å². The molecule has 1 aromatic carbocycles. The number of hydrogen-bond donors (Lipinski definition) is 1. The number of methoxy groups -OCH3 is 1. The molecule has 0 radical (unpaired) electrons. The summed E-state index contributed by atoms with van der Waals surface area (Å²) >= 11 is 3.47. The molecule has 0 fully saturated rings. The number of rotatable bonds is 5. The summed E-state index contributed by atoms with van der Waals surface area (Å²) in [7, 11) is 3.68. The highest BCUT2D eigenvalue weighted by Crippen LogP contribution is 2.35. The lowest BCUT2D eigenvalue weighted by Gasteiger charge is -2.38. The highest BCUT2D eigenvalue weighted by Gasteiger charge is 2.25. The zero-order chi connectivity index (χ0) is 13.1. The molecule has 4 heteroatoms. The van der Waals surface area contributed by atoms with E-state index in [1.165, 1.54) is 0 Å². The zero-order valence-electron chi connectivity index (χ0n) is 10.8. The van der Waals surface area contributed by atoms with E-state index in [9.17, 15) is 0 Å². The molecule has 0 bridgehead atoms. The van der Waals surface area contributed by atoms with Gasteiger partial charge in [-0.2, -0.15) is 0 Å². The second-order valence-electron chi connectivity index (χ2n) is 4.66. The lowest BCUT2D eigenvalue weighted by atomic mass is 9.98. The molecule has 0 unspecified atom stereocenters. The fraction of sp³-hybridized carbons (Fsp3) is 0.538. The van der Waals surface area contributed by atoms with Gasteiger partial charge >= 0.3 is 0 Å². The Morgan fingerprint density at radius 3 is 2.59 bits per heavy atom. The van der Waals surface area contributed by atoms with Gasteiger partial charge in [0.1, 0.15) is 5.75 Å². The van der Waals surface area contributed by atoms with Gasteiger partial charge in [-0.3, -0.25) is 0 Å². The van der Waals surface area contributed by atoms with Crippen LogP contribution >= 0.6 is 15.9 Å². The lowest BCUT2D eigenvalue weighted by Crippen LogP contribution is -2.42. The first-order valence-electron chi connectivity index (χ1n) is 5.60. The molecule has 3 nitrogen and oxygen atoms in total. The number of benzene rings is 1. The third-order valence-electron chi connectivity index (χ3n) is 3.13. The molecule has 0 saturated heterocycles. The summed E-state index contributed by atoms with van der Waals surface area (Å²) in [6.07, 6.45) is 0.708. The van der Waals surface area contributed by atoms with Gasteiger partial charge < -0.3 is 14.7 Å². The van der Waals surface area contributed by atoms with Crippen molar-refractivity contribution >= 4 is 21.6 Å². The molecule has 0 aliphatic heterocycles. The van der Waals surface area contributed by atoms with Crippen LogP contribution in [0.25, 0.3) is 0 Å². The molecule has 0 aliphatic carbocycles. The van der Waals surface area contributed by atoms with E-state index >= 15 is 0 Å². The predicted molar refractivity (Wildman–Crippen MR) is 74.9 cm³/mol. The van der Waals surface area contributed by atoms with E-state index in [1.807, 2.05) is 25.2 Å². The summed E-state index contributed by atoms with van der Waals surface area (Å²) < 4.78 is 6.38. The fourth-order valence-electron chi connectivity index (χ4n) is 1.69. The first-order chi connectivity index (χ1) is 7.92. The van der Waals surface area contributed by atoms with E-state index in [0.29, 0.717) is 6.42 Å². The summed E-state index contributed by atoms with van der Waals surface area (Å²) in [5.41, 5.74) is 0.892. The van der Waals surface area contributed by atoms with Crippen molar-refractivity contribution in [3.05, 3.63) is 22.7 Å². The smallest absolute Gasteiger partial charge is 0.142 e. The molecule has 0 aromatic heterocycles. The molecule has 0 amide bonds. The highest BCUT2D eigenvalue weighted by molar-refractivity contribution is 9.10. The Labute approximate surface area is 112 Å². The second kappa shape index (κ2) is 5.74. The number of aliphatic hydroxyl groups excluding tert-OH is 1. The van der Waals surface area contributed by atoms with Crippen molar-refractivity contribution < 1.29 is 9.84 Å². The third-order valence-corrected chi connectivity index (χ3v) is 3.63. The number of ether oxygens (including phenoxy) is 1. The van der Waals surface area contributed by atoms with Gasteiger partial charge in [0.2, 0.25) is 0 Å². The van der Waals surface area contributed by atoms with Crippen molar-refractivity contribution in [1.29, 1.82) is 0 Å². The maximum atomic E-state index is 9.11. The Balaban J connectivity index is 3.09. The van der Waals surface area contributed by atoms with Crippen LogP contribution < -0.4 is 9.64 Å². The number of hydrogen-bond acceptors (Lipinski definition) is 3. The molecule has 1 aromatic rings. The summed E-state index contributed by atoms with van der Waals surface area (Å²) in [6.45, 7) is 4.38. The van der Waals surface area contributed by atoms with Gasteiger partial charge in [-0.1, -0.05) is 15.9 Å². The topological polar surface area (TPSA) is 32.7 Å². The van der Waals surface area contributed by atoms with E-state index in [-0.39, 0.29) is 12.1 Å². The molecule has 1 rings (SSSR count). The standard InChI is InChI=1S/C13H20BrNO2/c1-13(2,7-8-16)15(3)11-9-10(14)5-6-12(11)17-4/h5-6,9,16H,7-8H2,1-4H3. The third kappa shape index (κ3) is 3.36. The molecule has 0 aliphatic rings. The SMILES string of the molecule is COc1ccc(Br)cc1N(C)C(C)(C)CCO. The molecule has 96 valence electrons. The van der Waals surface area contributed by atoms with E-state index in [4.69, 9.17) is 9.84 Å². The van der Waals surface area contributed by atoms with Crippen LogP contribution in [0, 0.1) is 0 Å². The van der Waals surface area contributed by atoms with E-state index in [0.717, 1.165) is 15.9 Å². The van der Waals surface area contributed by atoms with Gasteiger partial charge in [0.25, 0.3) is 0 Å². The van der Waals surface area contributed by atoms with E-state index in [2.05, 4.69) is 34.7 Å². The largest absolute Gasteiger partial charge is 0.495 e. The van der Waals surface area contributed by atoms with Crippen LogP contribution in [-0.4, -0.2) is 31.4 Å². The summed E-state index contributed by atoms with van der Waals surface area (Å²) in [4.78, 5) is 2.13. The maximum Gasteiger partial charge on any atom is 0.142 e. The van der Waals surface area contributed by atoms with Gasteiger partial charge in [-0.05, 0) is 38.5 Å². The van der Waals surface area contributed by atoms with Crippen molar-refractivity contribution in [2.45, 2.75) is 25.8 Å². The monoisotopic (exact) mass is 301 g/mol. The van der Waals surface area contributed by atoms with Crippen molar-refractivity contribution in [2.75, 3.05) is 25.7 Å². The van der Waals surface area contributed by atoms with Crippen molar-refractivity contribution in [1.82, 2.24) is 0 Å². The van der Waals surface area contributed by atoms with Crippen LogP contribution in [0.4, 0.5) is 5.69 Å². The second-order valence-corrected chi connectivity index (χ2v) is 5.58. The van der Waals surface area contributed by atoms with Gasteiger partial charge in [0.05, 0.1) is 12.8 Å². The van der Waals surface area contributed by atoms with Crippen LogP contribution in [-0.2, 0) is 0 Å². The molecule has 17 heavy (non-hydrogen) atoms. The quantitative estimate of drug-likeness (QED) is 0.907. The van der Waals surface area contributed by atoms with Crippen LogP contribution in [0.3, 0.4) is 0 Å². The minimum Gasteiger partial charge on any atom is -0.495 e. The molecule has 0 heterocycles. The minimum atomic E-state index is -0.122. The highest BCUT2D eigenvalue weighted by atomic mass is 79.9. The van der Waals surface area contributed by atoms with Gasteiger partial charge in [-0.15, -0.1) is 0 Å². The first kappa shape index (κ1) is 14.3. The fourth-order valence-corrected chi connectivity index (χ4v) is 2.04. The normalized spacial score (nSPS) is 11.4. The maximum absolute atomic E-state index is 9.11. The number of anilines is 1. The molecule has 0 spiro atoms. The van der Waals surface area contributed by atoms with Gasteiger partial charge in [0.15, 0.2) is 0 Å². The number of halogens is 1. The average molecular weight is 302 g/mol. The zero-order valence-corrected chi connectivity index (χ0v) is 12.4. The van der Waals surface area contributed by atoms with Crippen LogP contribution in [0.15, 0.2) is 22.7 Å². The first-order valence-corrected chi connectivity index (χ1v) is 6.40. The van der Waals surface area contributed by atoms with Gasteiger partial charge in [0, 0.05) is 23.7 Å². The van der Waals surface area contributed by atoms with E-state index in [1.54, 1.807) is 7.11 Å². The number of aliphatic hydroxyl groups is 1. The Morgan fingerprint density at radius 1 is 1.41 bits per heavy atom. The van der Waals surface area contributed by atoms with Crippen LogP contribution in [0.5, 0.6) is 5.75 Å². The minimum absolute atomic E-state index is 0.122. The molecule has 0 saturated carbocycles. The molecular weight excluding hydrogens is 282 g/mol.